The first-order chi connectivity index (χ1) is 9.79. The molecule has 4 heteroatoms. The van der Waals surface area contributed by atoms with E-state index in [4.69, 9.17) is 0 Å². The highest BCUT2D eigenvalue weighted by atomic mass is 19.1. The van der Waals surface area contributed by atoms with E-state index in [-0.39, 0.29) is 5.82 Å². The third-order valence-corrected chi connectivity index (χ3v) is 4.43. The minimum Gasteiger partial charge on any atom is -0.313 e. The molecule has 2 aliphatic heterocycles. The molecule has 1 aromatic rings. The van der Waals surface area contributed by atoms with Crippen molar-refractivity contribution in [2.75, 3.05) is 39.3 Å². The monoisotopic (exact) mass is 277 g/mol. The largest absolute Gasteiger partial charge is 0.313 e. The van der Waals surface area contributed by atoms with Crippen LogP contribution < -0.4 is 5.32 Å². The van der Waals surface area contributed by atoms with Crippen LogP contribution in [0.5, 0.6) is 0 Å². The summed E-state index contributed by atoms with van der Waals surface area (Å²) >= 11 is 0. The van der Waals surface area contributed by atoms with Gasteiger partial charge in [-0.25, -0.2) is 4.39 Å². The van der Waals surface area contributed by atoms with Crippen molar-refractivity contribution < 1.29 is 4.39 Å². The summed E-state index contributed by atoms with van der Waals surface area (Å²) in [5, 5.41) is 3.57. The molecule has 0 spiro atoms. The Balaban J connectivity index is 1.42. The molecule has 0 radical (unpaired) electrons. The van der Waals surface area contributed by atoms with Crippen LogP contribution in [0.3, 0.4) is 0 Å². The van der Waals surface area contributed by atoms with Crippen molar-refractivity contribution in [3.05, 3.63) is 35.6 Å². The number of nitrogens with one attached hydrogen (secondary N) is 1. The van der Waals surface area contributed by atoms with Gasteiger partial charge in [0.2, 0.25) is 0 Å². The molecule has 1 atom stereocenters. The fraction of sp³-hybridized carbons (Fsp3) is 0.625. The second-order valence-corrected chi connectivity index (χ2v) is 6.00. The van der Waals surface area contributed by atoms with Crippen LogP contribution >= 0.6 is 0 Å². The maximum Gasteiger partial charge on any atom is 0.123 e. The van der Waals surface area contributed by atoms with E-state index in [0.29, 0.717) is 6.04 Å². The van der Waals surface area contributed by atoms with Crippen molar-refractivity contribution in [2.24, 2.45) is 0 Å². The third-order valence-electron chi connectivity index (χ3n) is 4.43. The average Bonchev–Trinajstić information content (AvgIpc) is 2.96. The van der Waals surface area contributed by atoms with Gasteiger partial charge in [0.25, 0.3) is 0 Å². The summed E-state index contributed by atoms with van der Waals surface area (Å²) < 4.78 is 12.9. The van der Waals surface area contributed by atoms with Crippen molar-refractivity contribution in [1.29, 1.82) is 0 Å². The lowest BCUT2D eigenvalue weighted by Gasteiger charge is -2.36. The number of benzene rings is 1. The van der Waals surface area contributed by atoms with Crippen molar-refractivity contribution in [1.82, 2.24) is 15.1 Å². The first-order valence-electron chi connectivity index (χ1n) is 7.72. The van der Waals surface area contributed by atoms with Crippen LogP contribution in [-0.2, 0) is 6.54 Å². The molecular weight excluding hydrogens is 253 g/mol. The second-order valence-electron chi connectivity index (χ2n) is 6.00. The Labute approximate surface area is 120 Å². The summed E-state index contributed by atoms with van der Waals surface area (Å²) in [5.74, 6) is -0.150. The van der Waals surface area contributed by atoms with Gasteiger partial charge in [0.15, 0.2) is 0 Å². The van der Waals surface area contributed by atoms with Crippen LogP contribution in [0.1, 0.15) is 18.4 Å². The summed E-state index contributed by atoms with van der Waals surface area (Å²) in [5.41, 5.74) is 1.21. The molecular formula is C16H24FN3. The molecule has 20 heavy (non-hydrogen) atoms. The molecule has 1 aromatic carbocycles. The summed E-state index contributed by atoms with van der Waals surface area (Å²) in [6.07, 6.45) is 2.66. The van der Waals surface area contributed by atoms with Gasteiger partial charge in [0.05, 0.1) is 0 Å². The molecule has 110 valence electrons. The molecule has 2 aliphatic rings. The first kappa shape index (κ1) is 14.0. The lowest BCUT2D eigenvalue weighted by atomic mass is 10.1. The topological polar surface area (TPSA) is 18.5 Å². The highest BCUT2D eigenvalue weighted by Gasteiger charge is 2.21. The Morgan fingerprint density at radius 1 is 1.05 bits per heavy atom. The van der Waals surface area contributed by atoms with Crippen molar-refractivity contribution in [3.8, 4) is 0 Å². The lowest BCUT2D eigenvalue weighted by Crippen LogP contribution is -2.49. The Kier molecular flexibility index (Phi) is 4.65. The molecule has 0 aromatic heterocycles. The molecule has 2 saturated heterocycles. The van der Waals surface area contributed by atoms with Crippen molar-refractivity contribution in [2.45, 2.75) is 25.4 Å². The zero-order chi connectivity index (χ0) is 13.8. The van der Waals surface area contributed by atoms with Crippen LogP contribution in [0, 0.1) is 5.82 Å². The van der Waals surface area contributed by atoms with Gasteiger partial charge in [0, 0.05) is 45.3 Å². The Morgan fingerprint density at radius 2 is 1.75 bits per heavy atom. The van der Waals surface area contributed by atoms with Crippen LogP contribution in [0.25, 0.3) is 0 Å². The van der Waals surface area contributed by atoms with Gasteiger partial charge in [-0.05, 0) is 37.1 Å². The second kappa shape index (κ2) is 6.66. The molecule has 3 rings (SSSR count). The summed E-state index contributed by atoms with van der Waals surface area (Å²) in [6, 6.07) is 7.60. The van der Waals surface area contributed by atoms with Gasteiger partial charge < -0.3 is 5.32 Å². The highest BCUT2D eigenvalue weighted by Crippen LogP contribution is 2.12. The number of rotatable bonds is 4. The van der Waals surface area contributed by atoms with Crippen LogP contribution in [0.4, 0.5) is 4.39 Å². The maximum atomic E-state index is 12.9. The predicted octanol–water partition coefficient (Wildman–Crippen LogP) is 1.70. The van der Waals surface area contributed by atoms with Gasteiger partial charge in [-0.3, -0.25) is 9.80 Å². The third kappa shape index (κ3) is 3.78. The summed E-state index contributed by atoms with van der Waals surface area (Å²) in [6.45, 7) is 7.86. The molecule has 0 aliphatic carbocycles. The van der Waals surface area contributed by atoms with Gasteiger partial charge >= 0.3 is 0 Å². The molecule has 0 saturated carbocycles. The zero-order valence-electron chi connectivity index (χ0n) is 12.0. The molecule has 1 N–H and O–H groups in total. The van der Waals surface area contributed by atoms with E-state index in [2.05, 4.69) is 15.1 Å². The van der Waals surface area contributed by atoms with E-state index >= 15 is 0 Å². The SMILES string of the molecule is Fc1ccc(CN2CCN(CC3CCCN3)CC2)cc1. The highest BCUT2D eigenvalue weighted by molar-refractivity contribution is 5.15. The fourth-order valence-corrected chi connectivity index (χ4v) is 3.20. The standard InChI is InChI=1S/C16H24FN3/c17-15-5-3-14(4-6-15)12-19-8-10-20(11-9-19)13-16-2-1-7-18-16/h3-6,16,18H,1-2,7-13H2. The van der Waals surface area contributed by atoms with E-state index in [9.17, 15) is 4.39 Å². The first-order valence-corrected chi connectivity index (χ1v) is 7.72. The Bertz CT molecular complexity index is 406. The Hall–Kier alpha value is -0.970. The minimum atomic E-state index is -0.150. The number of halogens is 1. The molecule has 3 nitrogen and oxygen atoms in total. The summed E-state index contributed by atoms with van der Waals surface area (Å²) in [4.78, 5) is 5.04. The lowest BCUT2D eigenvalue weighted by molar-refractivity contribution is 0.120. The maximum absolute atomic E-state index is 12.9. The van der Waals surface area contributed by atoms with E-state index in [1.165, 1.54) is 31.5 Å². The van der Waals surface area contributed by atoms with E-state index in [0.717, 1.165) is 32.7 Å². The molecule has 1 unspecified atom stereocenters. The van der Waals surface area contributed by atoms with E-state index < -0.39 is 0 Å². The fourth-order valence-electron chi connectivity index (χ4n) is 3.20. The molecule has 0 amide bonds. The Morgan fingerprint density at radius 3 is 2.40 bits per heavy atom. The van der Waals surface area contributed by atoms with Gasteiger partial charge in [-0.15, -0.1) is 0 Å². The number of piperazine rings is 1. The zero-order valence-corrected chi connectivity index (χ0v) is 12.0. The summed E-state index contributed by atoms with van der Waals surface area (Å²) in [7, 11) is 0. The van der Waals surface area contributed by atoms with Crippen LogP contribution in [0.2, 0.25) is 0 Å². The van der Waals surface area contributed by atoms with Crippen LogP contribution in [-0.4, -0.2) is 55.1 Å². The number of hydrogen-bond acceptors (Lipinski definition) is 3. The minimum absolute atomic E-state index is 0.150. The molecule has 2 fully saturated rings. The predicted molar refractivity (Wildman–Crippen MR) is 79.1 cm³/mol. The number of hydrogen-bond donors (Lipinski definition) is 1. The number of nitrogens with zero attached hydrogens (tertiary/aromatic N) is 2. The van der Waals surface area contributed by atoms with E-state index in [1.54, 1.807) is 12.1 Å². The normalized spacial score (nSPS) is 25.1. The quantitative estimate of drug-likeness (QED) is 0.903. The average molecular weight is 277 g/mol. The van der Waals surface area contributed by atoms with Gasteiger partial charge in [0.1, 0.15) is 5.82 Å². The van der Waals surface area contributed by atoms with Crippen molar-refractivity contribution >= 4 is 0 Å². The smallest absolute Gasteiger partial charge is 0.123 e. The molecule has 0 bridgehead atoms. The van der Waals surface area contributed by atoms with Crippen molar-refractivity contribution in [3.63, 3.8) is 0 Å². The van der Waals surface area contributed by atoms with Gasteiger partial charge in [-0.1, -0.05) is 12.1 Å². The molecule has 2 heterocycles. The van der Waals surface area contributed by atoms with E-state index in [1.807, 2.05) is 12.1 Å². The van der Waals surface area contributed by atoms with Gasteiger partial charge in [-0.2, -0.15) is 0 Å². The van der Waals surface area contributed by atoms with Crippen LogP contribution in [0.15, 0.2) is 24.3 Å².